The molecule has 0 saturated carbocycles. The number of likely N-dealkylation sites (tertiary alicyclic amines) is 1. The van der Waals surface area contributed by atoms with Crippen LogP contribution < -0.4 is 10.6 Å². The van der Waals surface area contributed by atoms with Gasteiger partial charge in [0, 0.05) is 17.8 Å². The first-order chi connectivity index (χ1) is 17.2. The Balaban J connectivity index is 1.68. The van der Waals surface area contributed by atoms with Crippen LogP contribution in [0.1, 0.15) is 65.4 Å². The third kappa shape index (κ3) is 4.44. The van der Waals surface area contributed by atoms with Crippen molar-refractivity contribution >= 4 is 29.5 Å². The van der Waals surface area contributed by atoms with Gasteiger partial charge in [-0.2, -0.15) is 0 Å². The van der Waals surface area contributed by atoms with Crippen LogP contribution >= 0.6 is 11.8 Å². The summed E-state index contributed by atoms with van der Waals surface area (Å²) in [7, 11) is 0. The van der Waals surface area contributed by atoms with Gasteiger partial charge in [-0.25, -0.2) is 0 Å². The highest BCUT2D eigenvalue weighted by Gasteiger charge is 2.77. The molecule has 7 nitrogen and oxygen atoms in total. The van der Waals surface area contributed by atoms with E-state index in [1.54, 1.807) is 16.7 Å². The summed E-state index contributed by atoms with van der Waals surface area (Å²) in [5, 5.41) is 16.5. The summed E-state index contributed by atoms with van der Waals surface area (Å²) in [6.45, 7) is 8.97. The SMILES string of the molecule is CCCCNC(=O)C1N([C@@H](CO)[C@@H](C)CC)C(=O)[C@@H]2[C@H](C(=O)NCc3ccccc3)[C@]3(C)CCC12S3. The first-order valence-corrected chi connectivity index (χ1v) is 14.3. The number of aliphatic hydroxyl groups is 1. The molecule has 7 atom stereocenters. The van der Waals surface area contributed by atoms with Gasteiger partial charge in [-0.3, -0.25) is 14.4 Å². The quantitative estimate of drug-likeness (QED) is 0.394. The number of hydrogen-bond acceptors (Lipinski definition) is 5. The number of nitrogens with zero attached hydrogens (tertiary/aromatic N) is 1. The molecule has 0 aliphatic carbocycles. The number of unbranched alkanes of at least 4 members (excludes halogenated alkanes) is 1. The Hall–Kier alpha value is -2.06. The summed E-state index contributed by atoms with van der Waals surface area (Å²) >= 11 is 1.67. The zero-order valence-corrected chi connectivity index (χ0v) is 22.8. The van der Waals surface area contributed by atoms with Crippen LogP contribution in [0, 0.1) is 17.8 Å². The van der Waals surface area contributed by atoms with Crippen molar-refractivity contribution in [2.24, 2.45) is 17.8 Å². The molecule has 3 aliphatic rings. The van der Waals surface area contributed by atoms with Crippen LogP contribution in [0.25, 0.3) is 0 Å². The van der Waals surface area contributed by atoms with E-state index in [1.807, 2.05) is 44.2 Å². The molecule has 3 heterocycles. The minimum Gasteiger partial charge on any atom is -0.394 e. The monoisotopic (exact) mass is 515 g/mol. The van der Waals surface area contributed by atoms with Crippen molar-refractivity contribution in [2.75, 3.05) is 13.2 Å². The minimum atomic E-state index is -0.684. The van der Waals surface area contributed by atoms with Crippen LogP contribution in [-0.2, 0) is 20.9 Å². The fraction of sp³-hybridized carbons (Fsp3) is 0.679. The highest BCUT2D eigenvalue weighted by atomic mass is 32.2. The van der Waals surface area contributed by atoms with Gasteiger partial charge in [-0.1, -0.05) is 63.9 Å². The number of carbonyl (C=O) groups is 3. The Morgan fingerprint density at radius 1 is 1.17 bits per heavy atom. The molecule has 3 saturated heterocycles. The summed E-state index contributed by atoms with van der Waals surface area (Å²) in [6, 6.07) is 8.62. The second-order valence-corrected chi connectivity index (χ2v) is 12.9. The van der Waals surface area contributed by atoms with Crippen molar-refractivity contribution in [1.29, 1.82) is 0 Å². The lowest BCUT2D eigenvalue weighted by Gasteiger charge is -2.39. The summed E-state index contributed by atoms with van der Waals surface area (Å²) in [4.78, 5) is 43.3. The van der Waals surface area contributed by atoms with Gasteiger partial charge in [-0.05, 0) is 37.7 Å². The predicted molar refractivity (Wildman–Crippen MR) is 142 cm³/mol. The highest BCUT2D eigenvalue weighted by molar-refractivity contribution is 8.02. The van der Waals surface area contributed by atoms with Gasteiger partial charge in [0.05, 0.1) is 29.2 Å². The molecule has 1 aromatic carbocycles. The Morgan fingerprint density at radius 2 is 1.89 bits per heavy atom. The van der Waals surface area contributed by atoms with Crippen molar-refractivity contribution in [2.45, 2.75) is 87.9 Å². The number of nitrogens with one attached hydrogen (secondary N) is 2. The van der Waals surface area contributed by atoms with E-state index < -0.39 is 33.4 Å². The molecule has 0 aromatic heterocycles. The second kappa shape index (κ2) is 10.7. The number of rotatable bonds is 11. The lowest BCUT2D eigenvalue weighted by Crippen LogP contribution is -2.57. The maximum absolute atomic E-state index is 14.2. The lowest BCUT2D eigenvalue weighted by molar-refractivity contribution is -0.144. The van der Waals surface area contributed by atoms with E-state index in [1.165, 1.54) is 0 Å². The number of hydrogen-bond donors (Lipinski definition) is 3. The maximum atomic E-state index is 14.2. The maximum Gasteiger partial charge on any atom is 0.244 e. The first kappa shape index (κ1) is 27.0. The zero-order valence-electron chi connectivity index (χ0n) is 22.0. The molecular formula is C28H41N3O4S. The summed E-state index contributed by atoms with van der Waals surface area (Å²) in [5.41, 5.74) is 1.01. The molecule has 36 heavy (non-hydrogen) atoms. The van der Waals surface area contributed by atoms with E-state index in [9.17, 15) is 19.5 Å². The summed E-state index contributed by atoms with van der Waals surface area (Å²) < 4.78 is -1.06. The van der Waals surface area contributed by atoms with Crippen LogP contribution in [0.4, 0.5) is 0 Å². The van der Waals surface area contributed by atoms with E-state index in [0.29, 0.717) is 19.5 Å². The van der Waals surface area contributed by atoms with E-state index in [2.05, 4.69) is 24.5 Å². The highest BCUT2D eigenvalue weighted by Crippen LogP contribution is 2.71. The van der Waals surface area contributed by atoms with Crippen LogP contribution in [0.5, 0.6) is 0 Å². The average Bonchev–Trinajstić information content (AvgIpc) is 3.44. The van der Waals surface area contributed by atoms with Crippen molar-refractivity contribution in [1.82, 2.24) is 15.5 Å². The zero-order chi connectivity index (χ0) is 26.1. The fourth-order valence-corrected chi connectivity index (χ4v) is 8.96. The molecule has 198 valence electrons. The van der Waals surface area contributed by atoms with Crippen molar-refractivity contribution < 1.29 is 19.5 Å². The molecular weight excluding hydrogens is 474 g/mol. The third-order valence-corrected chi connectivity index (χ3v) is 10.7. The van der Waals surface area contributed by atoms with Gasteiger partial charge in [0.2, 0.25) is 17.7 Å². The molecule has 3 amide bonds. The Bertz CT molecular complexity index is 975. The summed E-state index contributed by atoms with van der Waals surface area (Å²) in [5.74, 6) is -1.48. The number of aliphatic hydroxyl groups excluding tert-OH is 1. The standard InChI is InChI=1S/C28H41N3O4S/c1-5-7-15-29-25(34)23-28-14-13-27(4,36-28)21(24(33)30-16-19-11-9-8-10-12-19)22(28)26(35)31(23)20(17-32)18(3)6-2/h8-12,18,20-23,32H,5-7,13-17H2,1-4H3,(H,29,34)(H,30,33)/t18-,20-,21+,22-,23?,27-,28?/m0/s1. The molecule has 3 N–H and O–H groups in total. The van der Waals surface area contributed by atoms with Gasteiger partial charge < -0.3 is 20.6 Å². The average molecular weight is 516 g/mol. The number of thioether (sulfide) groups is 1. The second-order valence-electron chi connectivity index (χ2n) is 11.0. The van der Waals surface area contributed by atoms with Crippen molar-refractivity contribution in [3.05, 3.63) is 35.9 Å². The third-order valence-electron chi connectivity index (χ3n) is 8.73. The minimum absolute atomic E-state index is 0.0308. The van der Waals surface area contributed by atoms with Crippen LogP contribution in [0.15, 0.2) is 30.3 Å². The molecule has 0 radical (unpaired) electrons. The largest absolute Gasteiger partial charge is 0.394 e. The Labute approximate surface area is 219 Å². The molecule has 4 rings (SSSR count). The molecule has 1 aromatic rings. The van der Waals surface area contributed by atoms with E-state index >= 15 is 0 Å². The molecule has 3 aliphatic heterocycles. The number of fused-ring (bicyclic) bond motifs is 1. The van der Waals surface area contributed by atoms with Gasteiger partial charge >= 0.3 is 0 Å². The van der Waals surface area contributed by atoms with Gasteiger partial charge in [-0.15, -0.1) is 11.8 Å². The Morgan fingerprint density at radius 3 is 2.53 bits per heavy atom. The normalized spacial score (nSPS) is 32.3. The van der Waals surface area contributed by atoms with E-state index in [-0.39, 0.29) is 30.2 Å². The van der Waals surface area contributed by atoms with Crippen LogP contribution in [0.3, 0.4) is 0 Å². The van der Waals surface area contributed by atoms with Gasteiger partial charge in [0.15, 0.2) is 0 Å². The van der Waals surface area contributed by atoms with Crippen LogP contribution in [-0.4, -0.2) is 62.5 Å². The van der Waals surface area contributed by atoms with Crippen LogP contribution in [0.2, 0.25) is 0 Å². The van der Waals surface area contributed by atoms with Gasteiger partial charge in [0.25, 0.3) is 0 Å². The number of amides is 3. The number of carbonyl (C=O) groups excluding carboxylic acids is 3. The molecule has 8 heteroatoms. The predicted octanol–water partition coefficient (Wildman–Crippen LogP) is 3.11. The number of benzene rings is 1. The van der Waals surface area contributed by atoms with E-state index in [0.717, 1.165) is 31.2 Å². The van der Waals surface area contributed by atoms with Crippen molar-refractivity contribution in [3.63, 3.8) is 0 Å². The fourth-order valence-electron chi connectivity index (χ4n) is 6.62. The lowest BCUT2D eigenvalue weighted by atomic mass is 9.66. The van der Waals surface area contributed by atoms with Crippen molar-refractivity contribution in [3.8, 4) is 0 Å². The summed E-state index contributed by atoms with van der Waals surface area (Å²) in [6.07, 6.45) is 4.11. The molecule has 2 unspecified atom stereocenters. The molecule has 1 spiro atoms. The van der Waals surface area contributed by atoms with Gasteiger partial charge in [0.1, 0.15) is 6.04 Å². The molecule has 3 fully saturated rings. The first-order valence-electron chi connectivity index (χ1n) is 13.5. The smallest absolute Gasteiger partial charge is 0.244 e. The van der Waals surface area contributed by atoms with E-state index in [4.69, 9.17) is 0 Å². The Kier molecular flexibility index (Phi) is 8.05. The topological polar surface area (TPSA) is 98.7 Å². The molecule has 2 bridgehead atoms.